The van der Waals surface area contributed by atoms with E-state index >= 15 is 0 Å². The Morgan fingerprint density at radius 1 is 0.691 bits per heavy atom. The normalized spacial score (nSPS) is 40.2. The van der Waals surface area contributed by atoms with Crippen LogP contribution in [0.1, 0.15) is 72.7 Å². The van der Waals surface area contributed by atoms with Gasteiger partial charge in [0.1, 0.15) is 32.5 Å². The fourth-order valence-electron chi connectivity index (χ4n) is 9.71. The molecule has 4 aliphatic heterocycles. The number of ether oxygens (including phenoxy) is 10. The predicted octanol–water partition coefficient (Wildman–Crippen LogP) is 3.35. The van der Waals surface area contributed by atoms with Gasteiger partial charge in [-0.3, -0.25) is 9.59 Å². The molecule has 378 valence electrons. The Hall–Kier alpha value is -3.06. The number of hydrogen-bond acceptors (Lipinski definition) is 18. The van der Waals surface area contributed by atoms with Crippen LogP contribution >= 0.6 is 18.5 Å². The van der Waals surface area contributed by atoms with Crippen molar-refractivity contribution in [2.24, 2.45) is 23.7 Å². The number of esters is 3. The average molecular weight is 997 g/mol. The molecule has 0 aliphatic carbocycles. The van der Waals surface area contributed by atoms with Crippen molar-refractivity contribution < 1.29 is 79.6 Å². The SMILES string of the molecule is [3H]N(CP)C1[C@H](O[C@H]2C(CO)O[C@@H](OC3[C@H](C)OC(C(=O)Oc4ccccc4)[C@@](C)(O)[C@@H]3OC(C)=O)C(N([3H])CP)[C@H]2C)OC(C)[C@H](O[C@@H]2OC(C(C)=O)[C@H](C)[C@H](C)C2OC(=O)c2ccccc2)[C@@H]1C. The molecule has 2 aromatic carbocycles. The number of nitrogens with one attached hydrogen (secondary N) is 2. The maximum Gasteiger partial charge on any atom is 0.343 e. The number of aliphatic hydroxyl groups excluding tert-OH is 1. The summed E-state index contributed by atoms with van der Waals surface area (Å²) in [5.41, 5.74) is -1.86. The Labute approximate surface area is 406 Å². The molecule has 22 atom stereocenters. The van der Waals surface area contributed by atoms with Crippen LogP contribution in [0.3, 0.4) is 0 Å². The summed E-state index contributed by atoms with van der Waals surface area (Å²) in [4.78, 5) is 52.4. The summed E-state index contributed by atoms with van der Waals surface area (Å²) >= 11 is 0. The minimum atomic E-state index is -2.20. The summed E-state index contributed by atoms with van der Waals surface area (Å²) in [6.45, 7) is 14.0. The molecule has 4 saturated heterocycles. The molecular weight excluding hydrogens is 922 g/mol. The fourth-order valence-corrected chi connectivity index (χ4v) is 10.2. The standard InChI is InChI=1S/C48H70N2O16P2/c1-23-24(2)39(62-43(54)31-16-12-10-13-17-31)47(63-36(23)27(5)52)64-37-25(3)34(49-21-67)45(58-28(37)6)65-38-26(4)35(50-22-68)46(61-33(38)20-51)66-40-29(7)57-42(48(9,56)41(40)59-30(8)53)44(55)60-32-18-14-11-15-19-32/h10-19,23-26,28-29,33-42,45-47,49-51,56H,20-22,67-68H2,1-9H3/t23-,24+,25-,26-,28?,29+,33?,34?,35?,36?,37-,38-,39?,40?,41-,42?,45+,46+,47+,48+/m1/s1/i/hT2. The largest absolute Gasteiger partial charge is 0.456 e. The van der Waals surface area contributed by atoms with Crippen molar-refractivity contribution in [3.05, 3.63) is 66.2 Å². The van der Waals surface area contributed by atoms with Gasteiger partial charge in [-0.15, -0.1) is 18.5 Å². The van der Waals surface area contributed by atoms with Crippen molar-refractivity contribution in [2.75, 3.05) is 19.2 Å². The van der Waals surface area contributed by atoms with E-state index in [1.807, 2.05) is 20.8 Å². The van der Waals surface area contributed by atoms with Crippen molar-refractivity contribution in [2.45, 2.75) is 160 Å². The molecular formula is C48H70N2O16P2. The summed E-state index contributed by atoms with van der Waals surface area (Å²) in [7, 11) is 5.00. The molecule has 0 amide bonds. The Bertz CT molecular complexity index is 2070. The average Bonchev–Trinajstić information content (AvgIpc) is 3.32. The van der Waals surface area contributed by atoms with Crippen LogP contribution in [0.15, 0.2) is 60.7 Å². The third-order valence-corrected chi connectivity index (χ3v) is 14.0. The highest BCUT2D eigenvalue weighted by atomic mass is 31.0. The van der Waals surface area contributed by atoms with Gasteiger partial charge in [-0.25, -0.2) is 9.59 Å². The first-order valence-electron chi connectivity index (χ1n) is 24.1. The minimum absolute atomic E-state index is 0.0971. The van der Waals surface area contributed by atoms with Gasteiger partial charge in [-0.05, 0) is 57.9 Å². The zero-order valence-corrected chi connectivity index (χ0v) is 42.3. The highest BCUT2D eigenvalue weighted by molar-refractivity contribution is 7.16. The number of para-hydroxylation sites is 1. The molecule has 10 unspecified atom stereocenters. The summed E-state index contributed by atoms with van der Waals surface area (Å²) in [5, 5.41) is 25.4. The van der Waals surface area contributed by atoms with Crippen LogP contribution in [0.4, 0.5) is 0 Å². The van der Waals surface area contributed by atoms with E-state index in [0.29, 0.717) is 5.56 Å². The van der Waals surface area contributed by atoms with Gasteiger partial charge in [0.05, 0.1) is 48.7 Å². The van der Waals surface area contributed by atoms with E-state index in [1.165, 1.54) is 24.5 Å². The summed E-state index contributed by atoms with van der Waals surface area (Å²) < 4.78 is 81.1. The second-order valence-electron chi connectivity index (χ2n) is 18.4. The van der Waals surface area contributed by atoms with E-state index in [4.69, 9.17) is 50.2 Å². The lowest BCUT2D eigenvalue weighted by molar-refractivity contribution is -0.352. The van der Waals surface area contributed by atoms with Crippen molar-refractivity contribution in [3.8, 4) is 5.75 Å². The number of aliphatic hydroxyl groups is 2. The second-order valence-corrected chi connectivity index (χ2v) is 19.1. The maximum atomic E-state index is 13.5. The molecule has 2 aromatic rings. The highest BCUT2D eigenvalue weighted by Gasteiger charge is 2.60. The van der Waals surface area contributed by atoms with Crippen LogP contribution in [-0.4, -0.2) is 151 Å². The molecule has 6 rings (SSSR count). The molecule has 4 N–H and O–H groups in total. The smallest absolute Gasteiger partial charge is 0.343 e. The van der Waals surface area contributed by atoms with Gasteiger partial charge in [0, 0.05) is 37.2 Å². The van der Waals surface area contributed by atoms with E-state index in [2.05, 4.69) is 18.5 Å². The molecule has 18 nitrogen and oxygen atoms in total. The molecule has 0 radical (unpaired) electrons. The van der Waals surface area contributed by atoms with E-state index in [0.717, 1.165) is 6.92 Å². The lowest BCUT2D eigenvalue weighted by Gasteiger charge is -2.52. The number of carbonyl (C=O) groups excluding carboxylic acids is 4. The van der Waals surface area contributed by atoms with E-state index in [9.17, 15) is 29.4 Å². The van der Waals surface area contributed by atoms with Gasteiger partial charge in [0.25, 0.3) is 0 Å². The van der Waals surface area contributed by atoms with Gasteiger partial charge < -0.3 is 68.2 Å². The van der Waals surface area contributed by atoms with Gasteiger partial charge in [-0.2, -0.15) is 0 Å². The van der Waals surface area contributed by atoms with E-state index in [1.54, 1.807) is 81.4 Å². The Kier molecular flexibility index (Phi) is 18.0. The van der Waals surface area contributed by atoms with Crippen LogP contribution in [0.5, 0.6) is 5.75 Å². The maximum absolute atomic E-state index is 13.5. The Morgan fingerprint density at radius 3 is 1.81 bits per heavy atom. The number of ketones is 1. The predicted molar refractivity (Wildman–Crippen MR) is 252 cm³/mol. The van der Waals surface area contributed by atoms with Gasteiger partial charge >= 0.3 is 17.9 Å². The van der Waals surface area contributed by atoms with Crippen LogP contribution in [0, 0.1) is 23.7 Å². The minimum Gasteiger partial charge on any atom is -0.456 e. The lowest BCUT2D eigenvalue weighted by atomic mass is 9.81. The summed E-state index contributed by atoms with van der Waals surface area (Å²) in [6.07, 6.45) is -14.2. The van der Waals surface area contributed by atoms with Gasteiger partial charge in [0.2, 0.25) is 0 Å². The molecule has 20 heteroatoms. The Balaban J connectivity index is 1.23. The second kappa shape index (κ2) is 23.9. The van der Waals surface area contributed by atoms with Crippen LogP contribution in [-0.2, 0) is 57.0 Å². The first-order chi connectivity index (χ1) is 33.1. The van der Waals surface area contributed by atoms with E-state index < -0.39 is 134 Å². The molecule has 68 heavy (non-hydrogen) atoms. The fraction of sp³-hybridized carbons (Fsp3) is 0.667. The third-order valence-electron chi connectivity index (χ3n) is 13.6. The zero-order chi connectivity index (χ0) is 51.4. The molecule has 4 fully saturated rings. The van der Waals surface area contributed by atoms with Crippen LogP contribution in [0.25, 0.3) is 0 Å². The van der Waals surface area contributed by atoms with Crippen molar-refractivity contribution in [1.29, 1.82) is 0 Å². The molecule has 0 spiro atoms. The van der Waals surface area contributed by atoms with Gasteiger partial charge in [-0.1, -0.05) is 64.1 Å². The molecule has 4 heterocycles. The number of Topliss-reactive ketones (excluding diaryl/α,β-unsaturated/α-hetero) is 1. The van der Waals surface area contributed by atoms with Crippen LogP contribution in [0.2, 0.25) is 2.82 Å². The van der Waals surface area contributed by atoms with Crippen molar-refractivity contribution in [3.63, 3.8) is 0 Å². The first kappa shape index (κ1) is 51.3. The first-order valence-corrected chi connectivity index (χ1v) is 24.8. The van der Waals surface area contributed by atoms with Crippen LogP contribution < -0.4 is 15.4 Å². The number of carbonyl (C=O) groups is 4. The molecule has 4 aliphatic rings. The monoisotopic (exact) mass is 996 g/mol. The Morgan fingerprint density at radius 2 is 1.24 bits per heavy atom. The molecule has 0 bridgehead atoms. The quantitative estimate of drug-likeness (QED) is 0.101. The topological polar surface area (TPSA) is 225 Å². The zero-order valence-electron chi connectivity index (χ0n) is 42.0. The van der Waals surface area contributed by atoms with E-state index in [-0.39, 0.29) is 35.9 Å². The summed E-state index contributed by atoms with van der Waals surface area (Å²) in [5.74, 6) is -4.17. The number of benzene rings is 2. The number of hydrogen-bond donors (Lipinski definition) is 4. The lowest BCUT2D eigenvalue weighted by Crippen LogP contribution is -2.70. The van der Waals surface area contributed by atoms with Gasteiger partial charge in [0.15, 0.2) is 43.0 Å². The molecule has 0 aromatic heterocycles. The van der Waals surface area contributed by atoms with Crippen molar-refractivity contribution >= 4 is 42.2 Å². The highest BCUT2D eigenvalue weighted by Crippen LogP contribution is 2.41. The van der Waals surface area contributed by atoms with Crippen molar-refractivity contribution in [1.82, 2.24) is 10.6 Å². The third kappa shape index (κ3) is 12.2. The molecule has 0 saturated carbocycles. The summed E-state index contributed by atoms with van der Waals surface area (Å²) in [6, 6.07) is 15.0. The number of rotatable bonds is 17.